The molecule has 1 rings (SSSR count). The van der Waals surface area contributed by atoms with Crippen LogP contribution in [0, 0.1) is 6.92 Å². The van der Waals surface area contributed by atoms with E-state index in [1.807, 2.05) is 0 Å². The van der Waals surface area contributed by atoms with Gasteiger partial charge in [-0.15, -0.1) is 0 Å². The van der Waals surface area contributed by atoms with Crippen LogP contribution < -0.4 is 11.1 Å². The number of hydrogen-bond acceptors (Lipinski definition) is 4. The summed E-state index contributed by atoms with van der Waals surface area (Å²) < 4.78 is 5.22. The smallest absolute Gasteiger partial charge is 0.307 e. The molecule has 0 heterocycles. The summed E-state index contributed by atoms with van der Waals surface area (Å²) in [6.07, 6.45) is 0.144. The maximum Gasteiger partial charge on any atom is 0.307 e. The van der Waals surface area contributed by atoms with Gasteiger partial charge >= 0.3 is 5.97 Å². The summed E-state index contributed by atoms with van der Waals surface area (Å²) in [5.74, 6) is -0.620. The van der Waals surface area contributed by atoms with Crippen molar-refractivity contribution >= 4 is 33.5 Å². The lowest BCUT2D eigenvalue weighted by atomic mass is 10.1. The van der Waals surface area contributed by atoms with Crippen molar-refractivity contribution in [1.29, 1.82) is 0 Å². The Hall–Kier alpha value is -1.56. The lowest BCUT2D eigenvalue weighted by Gasteiger charge is -2.10. The second-order valence-corrected chi connectivity index (χ2v) is 4.67. The van der Waals surface area contributed by atoms with E-state index in [1.54, 1.807) is 19.1 Å². The second kappa shape index (κ2) is 6.39. The highest BCUT2D eigenvalue weighted by molar-refractivity contribution is 9.10. The van der Waals surface area contributed by atoms with Crippen LogP contribution in [0.3, 0.4) is 0 Å². The standard InChI is InChI=1S/C12H15BrN2O3/c1-7-9(5-8(13)6-10(7)14)12(17)15-4-3-11(16)18-2/h5-6H,3-4,14H2,1-2H3,(H,15,17). The Kier molecular flexibility index (Phi) is 5.15. The van der Waals surface area contributed by atoms with Gasteiger partial charge in [0.25, 0.3) is 5.91 Å². The van der Waals surface area contributed by atoms with E-state index in [0.29, 0.717) is 16.8 Å². The number of ether oxygens (including phenoxy) is 1. The molecular weight excluding hydrogens is 300 g/mol. The first-order valence-corrected chi connectivity index (χ1v) is 6.15. The molecule has 0 atom stereocenters. The van der Waals surface area contributed by atoms with Crippen LogP contribution in [0.4, 0.5) is 5.69 Å². The van der Waals surface area contributed by atoms with Gasteiger partial charge in [0.1, 0.15) is 0 Å². The summed E-state index contributed by atoms with van der Waals surface area (Å²) in [6.45, 7) is 2.01. The fourth-order valence-electron chi connectivity index (χ4n) is 1.41. The van der Waals surface area contributed by atoms with Crippen molar-refractivity contribution in [1.82, 2.24) is 5.32 Å². The number of carbonyl (C=O) groups excluding carboxylic acids is 2. The molecule has 0 bridgehead atoms. The molecule has 0 fully saturated rings. The number of rotatable bonds is 4. The van der Waals surface area contributed by atoms with Gasteiger partial charge in [0.2, 0.25) is 0 Å². The van der Waals surface area contributed by atoms with Gasteiger partial charge in [-0.05, 0) is 24.6 Å². The molecular formula is C12H15BrN2O3. The fourth-order valence-corrected chi connectivity index (χ4v) is 1.89. The Balaban J connectivity index is 2.70. The monoisotopic (exact) mass is 314 g/mol. The maximum atomic E-state index is 11.9. The molecule has 5 nitrogen and oxygen atoms in total. The number of nitrogen functional groups attached to an aromatic ring is 1. The number of carbonyl (C=O) groups is 2. The third-order valence-corrected chi connectivity index (χ3v) is 2.96. The predicted molar refractivity (Wildman–Crippen MR) is 72.3 cm³/mol. The molecule has 0 aromatic heterocycles. The summed E-state index contributed by atoms with van der Waals surface area (Å²) in [7, 11) is 1.31. The minimum atomic E-state index is -0.360. The van der Waals surface area contributed by atoms with E-state index >= 15 is 0 Å². The normalized spacial score (nSPS) is 9.94. The van der Waals surface area contributed by atoms with Gasteiger partial charge in [-0.2, -0.15) is 0 Å². The van der Waals surface area contributed by atoms with Gasteiger partial charge in [-0.1, -0.05) is 15.9 Å². The van der Waals surface area contributed by atoms with Crippen molar-refractivity contribution < 1.29 is 14.3 Å². The summed E-state index contributed by atoms with van der Waals surface area (Å²) in [6, 6.07) is 3.43. The maximum absolute atomic E-state index is 11.9. The quantitative estimate of drug-likeness (QED) is 0.654. The van der Waals surface area contributed by atoms with Gasteiger partial charge < -0.3 is 15.8 Å². The first-order chi connectivity index (χ1) is 8.45. The summed E-state index contributed by atoms with van der Waals surface area (Å²) in [5.41, 5.74) is 7.53. The average molecular weight is 315 g/mol. The third kappa shape index (κ3) is 3.73. The van der Waals surface area contributed by atoms with Gasteiger partial charge in [0, 0.05) is 22.3 Å². The van der Waals surface area contributed by atoms with E-state index in [4.69, 9.17) is 5.73 Å². The lowest BCUT2D eigenvalue weighted by molar-refractivity contribution is -0.140. The molecule has 98 valence electrons. The van der Waals surface area contributed by atoms with Crippen molar-refractivity contribution in [2.45, 2.75) is 13.3 Å². The predicted octanol–water partition coefficient (Wildman–Crippen LogP) is 1.63. The van der Waals surface area contributed by atoms with Crippen molar-refractivity contribution in [2.75, 3.05) is 19.4 Å². The molecule has 0 spiro atoms. The number of amides is 1. The van der Waals surface area contributed by atoms with Crippen LogP contribution in [0.2, 0.25) is 0 Å². The zero-order valence-corrected chi connectivity index (χ0v) is 11.8. The largest absolute Gasteiger partial charge is 0.469 e. The van der Waals surface area contributed by atoms with Crippen LogP contribution in [0.25, 0.3) is 0 Å². The number of halogens is 1. The molecule has 1 aromatic carbocycles. The second-order valence-electron chi connectivity index (χ2n) is 3.75. The van der Waals surface area contributed by atoms with Crippen LogP contribution in [0.15, 0.2) is 16.6 Å². The third-order valence-electron chi connectivity index (χ3n) is 2.50. The van der Waals surface area contributed by atoms with E-state index in [-0.39, 0.29) is 24.8 Å². The summed E-state index contributed by atoms with van der Waals surface area (Å²) in [5, 5.41) is 2.64. The number of methoxy groups -OCH3 is 1. The molecule has 1 aromatic rings. The van der Waals surface area contributed by atoms with Crippen LogP contribution >= 0.6 is 15.9 Å². The number of esters is 1. The highest BCUT2D eigenvalue weighted by Crippen LogP contribution is 2.22. The van der Waals surface area contributed by atoms with Crippen molar-refractivity contribution in [3.05, 3.63) is 27.7 Å². The van der Waals surface area contributed by atoms with Gasteiger partial charge in [0.05, 0.1) is 13.5 Å². The molecule has 3 N–H and O–H groups in total. The lowest BCUT2D eigenvalue weighted by Crippen LogP contribution is -2.27. The van der Waals surface area contributed by atoms with E-state index in [0.717, 1.165) is 4.47 Å². The van der Waals surface area contributed by atoms with E-state index < -0.39 is 0 Å². The average Bonchev–Trinajstić information content (AvgIpc) is 2.33. The molecule has 0 radical (unpaired) electrons. The van der Waals surface area contributed by atoms with Crippen LogP contribution in [0.5, 0.6) is 0 Å². The van der Waals surface area contributed by atoms with E-state index in [1.165, 1.54) is 7.11 Å². The number of nitrogens with two attached hydrogens (primary N) is 1. The SMILES string of the molecule is COC(=O)CCNC(=O)c1cc(Br)cc(N)c1C. The van der Waals surface area contributed by atoms with Crippen molar-refractivity contribution in [3.8, 4) is 0 Å². The van der Waals surface area contributed by atoms with Crippen LogP contribution in [-0.2, 0) is 9.53 Å². The Morgan fingerprint density at radius 2 is 2.11 bits per heavy atom. The van der Waals surface area contributed by atoms with E-state index in [2.05, 4.69) is 26.0 Å². The highest BCUT2D eigenvalue weighted by atomic mass is 79.9. The minimum absolute atomic E-state index is 0.144. The first kappa shape index (κ1) is 14.5. The molecule has 0 aliphatic carbocycles. The molecule has 0 aliphatic rings. The molecule has 0 unspecified atom stereocenters. The van der Waals surface area contributed by atoms with Crippen molar-refractivity contribution in [2.24, 2.45) is 0 Å². The van der Waals surface area contributed by atoms with Gasteiger partial charge in [-0.3, -0.25) is 9.59 Å². The van der Waals surface area contributed by atoms with Crippen LogP contribution in [-0.4, -0.2) is 25.5 Å². The molecule has 18 heavy (non-hydrogen) atoms. The molecule has 0 aliphatic heterocycles. The van der Waals surface area contributed by atoms with Crippen LogP contribution in [0.1, 0.15) is 22.3 Å². The summed E-state index contributed by atoms with van der Waals surface area (Å²) in [4.78, 5) is 22.8. The molecule has 6 heteroatoms. The Bertz CT molecular complexity index is 475. The topological polar surface area (TPSA) is 81.4 Å². The van der Waals surface area contributed by atoms with E-state index in [9.17, 15) is 9.59 Å². The van der Waals surface area contributed by atoms with Gasteiger partial charge in [-0.25, -0.2) is 0 Å². The molecule has 1 amide bonds. The summed E-state index contributed by atoms with van der Waals surface area (Å²) >= 11 is 3.28. The Morgan fingerprint density at radius 1 is 1.44 bits per heavy atom. The highest BCUT2D eigenvalue weighted by Gasteiger charge is 2.12. The number of nitrogens with one attached hydrogen (secondary N) is 1. The van der Waals surface area contributed by atoms with Crippen molar-refractivity contribution in [3.63, 3.8) is 0 Å². The van der Waals surface area contributed by atoms with Gasteiger partial charge in [0.15, 0.2) is 0 Å². The first-order valence-electron chi connectivity index (χ1n) is 5.36. The molecule has 0 saturated heterocycles. The zero-order valence-electron chi connectivity index (χ0n) is 10.2. The Labute approximate surface area is 114 Å². The minimum Gasteiger partial charge on any atom is -0.469 e. The number of hydrogen-bond donors (Lipinski definition) is 2. The zero-order chi connectivity index (χ0) is 13.7. The fraction of sp³-hybridized carbons (Fsp3) is 0.333. The number of benzene rings is 1. The number of anilines is 1. The molecule has 0 saturated carbocycles. The Morgan fingerprint density at radius 3 is 2.72 bits per heavy atom.